The molecule has 0 spiro atoms. The van der Waals surface area contributed by atoms with Gasteiger partial charge in [0.25, 0.3) is 0 Å². The lowest BCUT2D eigenvalue weighted by Gasteiger charge is -2.09. The van der Waals surface area contributed by atoms with Crippen LogP contribution in [0.2, 0.25) is 0 Å². The van der Waals surface area contributed by atoms with Crippen molar-refractivity contribution in [1.29, 1.82) is 0 Å². The Kier molecular flexibility index (Phi) is 5.64. The molecular weight excluding hydrogens is 334 g/mol. The largest absolute Gasteiger partial charge is 0.497 e. The Balaban J connectivity index is 1.49. The second-order valence-corrected chi connectivity index (χ2v) is 6.39. The Morgan fingerprint density at radius 3 is 2.52 bits per heavy atom. The molecule has 2 aromatic heterocycles. The number of methoxy groups -OCH3 is 1. The summed E-state index contributed by atoms with van der Waals surface area (Å²) in [6.45, 7) is 0.893. The minimum absolute atomic E-state index is 0.211. The van der Waals surface area contributed by atoms with Gasteiger partial charge < -0.3 is 15.4 Å². The highest BCUT2D eigenvalue weighted by Gasteiger charge is 2.04. The summed E-state index contributed by atoms with van der Waals surface area (Å²) in [6.07, 6.45) is 3.60. The quantitative estimate of drug-likeness (QED) is 0.708. The molecular formula is C19H19N3O2S. The molecule has 0 unspecified atom stereocenters. The number of thiophene rings is 1. The molecule has 3 aromatic rings. The van der Waals surface area contributed by atoms with Gasteiger partial charge in [0.2, 0.25) is 0 Å². The van der Waals surface area contributed by atoms with Crippen molar-refractivity contribution in [2.24, 2.45) is 0 Å². The van der Waals surface area contributed by atoms with Crippen molar-refractivity contribution in [2.45, 2.75) is 13.1 Å². The third-order valence-corrected chi connectivity index (χ3v) is 4.58. The van der Waals surface area contributed by atoms with Gasteiger partial charge in [-0.1, -0.05) is 18.2 Å². The Labute approximate surface area is 150 Å². The number of hydrogen-bond donors (Lipinski definition) is 2. The summed E-state index contributed by atoms with van der Waals surface area (Å²) in [6, 6.07) is 13.5. The van der Waals surface area contributed by atoms with Crippen LogP contribution in [-0.4, -0.2) is 18.1 Å². The van der Waals surface area contributed by atoms with Gasteiger partial charge in [-0.25, -0.2) is 4.79 Å². The van der Waals surface area contributed by atoms with Crippen LogP contribution in [0.25, 0.3) is 10.4 Å². The van der Waals surface area contributed by atoms with Crippen LogP contribution in [0.3, 0.4) is 0 Å². The lowest BCUT2D eigenvalue weighted by Crippen LogP contribution is -2.34. The molecule has 6 heteroatoms. The van der Waals surface area contributed by atoms with Gasteiger partial charge >= 0.3 is 6.03 Å². The predicted molar refractivity (Wildman–Crippen MR) is 99.6 cm³/mol. The molecule has 128 valence electrons. The standard InChI is InChI=1S/C19H19N3O2S/c1-24-17-6-4-14(5-7-17)11-21-19(23)22-12-15-9-16(13-20-10-15)18-3-2-8-25-18/h2-10,13H,11-12H2,1H3,(H2,21,22,23). The summed E-state index contributed by atoms with van der Waals surface area (Å²) in [7, 11) is 1.63. The molecule has 0 fully saturated rings. The third-order valence-electron chi connectivity index (χ3n) is 3.67. The van der Waals surface area contributed by atoms with E-state index in [1.165, 1.54) is 4.88 Å². The zero-order valence-electron chi connectivity index (χ0n) is 13.9. The fraction of sp³-hybridized carbons (Fsp3) is 0.158. The average Bonchev–Trinajstić information content (AvgIpc) is 3.20. The zero-order valence-corrected chi connectivity index (χ0v) is 14.7. The molecule has 0 bridgehead atoms. The van der Waals surface area contributed by atoms with Crippen molar-refractivity contribution in [3.63, 3.8) is 0 Å². The SMILES string of the molecule is COc1ccc(CNC(=O)NCc2cncc(-c3cccs3)c2)cc1. The smallest absolute Gasteiger partial charge is 0.315 e. The summed E-state index contributed by atoms with van der Waals surface area (Å²) in [5.74, 6) is 0.798. The van der Waals surface area contributed by atoms with Gasteiger partial charge in [0.1, 0.15) is 5.75 Å². The molecule has 2 heterocycles. The summed E-state index contributed by atoms with van der Waals surface area (Å²) in [5, 5.41) is 7.73. The van der Waals surface area contributed by atoms with E-state index < -0.39 is 0 Å². The number of aromatic nitrogens is 1. The van der Waals surface area contributed by atoms with Crippen LogP contribution >= 0.6 is 11.3 Å². The number of nitrogens with zero attached hydrogens (tertiary/aromatic N) is 1. The molecule has 0 aliphatic rings. The number of nitrogens with one attached hydrogen (secondary N) is 2. The van der Waals surface area contributed by atoms with E-state index in [9.17, 15) is 4.79 Å². The zero-order chi connectivity index (χ0) is 17.5. The number of pyridine rings is 1. The maximum absolute atomic E-state index is 12.0. The fourth-order valence-electron chi connectivity index (χ4n) is 2.33. The monoisotopic (exact) mass is 353 g/mol. The van der Waals surface area contributed by atoms with E-state index in [1.54, 1.807) is 24.6 Å². The second kappa shape index (κ2) is 8.30. The van der Waals surface area contributed by atoms with Gasteiger partial charge in [-0.2, -0.15) is 0 Å². The number of hydrogen-bond acceptors (Lipinski definition) is 4. The normalized spacial score (nSPS) is 10.3. The van der Waals surface area contributed by atoms with Crippen molar-refractivity contribution in [3.8, 4) is 16.2 Å². The molecule has 0 saturated carbocycles. The number of urea groups is 1. The van der Waals surface area contributed by atoms with E-state index in [1.807, 2.05) is 48.0 Å². The molecule has 2 N–H and O–H groups in total. The molecule has 2 amide bonds. The number of benzene rings is 1. The van der Waals surface area contributed by atoms with E-state index in [0.717, 1.165) is 22.4 Å². The molecule has 0 aliphatic carbocycles. The Bertz CT molecular complexity index is 817. The topological polar surface area (TPSA) is 63.2 Å². The van der Waals surface area contributed by atoms with Crippen LogP contribution in [-0.2, 0) is 13.1 Å². The first-order valence-electron chi connectivity index (χ1n) is 7.87. The average molecular weight is 353 g/mol. The number of carbonyl (C=O) groups is 1. The van der Waals surface area contributed by atoms with Crippen LogP contribution in [0, 0.1) is 0 Å². The summed E-state index contributed by atoms with van der Waals surface area (Å²) < 4.78 is 5.11. The molecule has 25 heavy (non-hydrogen) atoms. The number of carbonyl (C=O) groups excluding carboxylic acids is 1. The maximum Gasteiger partial charge on any atom is 0.315 e. The van der Waals surface area contributed by atoms with Crippen LogP contribution < -0.4 is 15.4 Å². The molecule has 0 saturated heterocycles. The van der Waals surface area contributed by atoms with Crippen molar-refractivity contribution < 1.29 is 9.53 Å². The lowest BCUT2D eigenvalue weighted by molar-refractivity contribution is 0.240. The first kappa shape index (κ1) is 17.0. The van der Waals surface area contributed by atoms with E-state index in [0.29, 0.717) is 13.1 Å². The van der Waals surface area contributed by atoms with Crippen LogP contribution in [0.4, 0.5) is 4.79 Å². The summed E-state index contributed by atoms with van der Waals surface area (Å²) in [5.41, 5.74) is 3.04. The van der Waals surface area contributed by atoms with Crippen LogP contribution in [0.1, 0.15) is 11.1 Å². The number of amides is 2. The van der Waals surface area contributed by atoms with E-state index in [2.05, 4.69) is 21.7 Å². The van der Waals surface area contributed by atoms with E-state index in [-0.39, 0.29) is 6.03 Å². The van der Waals surface area contributed by atoms with E-state index >= 15 is 0 Å². The second-order valence-electron chi connectivity index (χ2n) is 5.44. The minimum atomic E-state index is -0.211. The van der Waals surface area contributed by atoms with Crippen molar-refractivity contribution in [3.05, 3.63) is 71.4 Å². The Morgan fingerprint density at radius 1 is 1.08 bits per heavy atom. The maximum atomic E-state index is 12.0. The highest BCUT2D eigenvalue weighted by molar-refractivity contribution is 7.13. The van der Waals surface area contributed by atoms with Gasteiger partial charge in [0.15, 0.2) is 0 Å². The number of rotatable bonds is 6. The van der Waals surface area contributed by atoms with Gasteiger partial charge in [-0.05, 0) is 40.8 Å². The Hall–Kier alpha value is -2.86. The first-order chi connectivity index (χ1) is 12.2. The number of ether oxygens (including phenoxy) is 1. The van der Waals surface area contributed by atoms with Crippen LogP contribution in [0.15, 0.2) is 60.2 Å². The van der Waals surface area contributed by atoms with Gasteiger partial charge in [0.05, 0.1) is 7.11 Å². The van der Waals surface area contributed by atoms with Crippen molar-refractivity contribution in [1.82, 2.24) is 15.6 Å². The van der Waals surface area contributed by atoms with Gasteiger partial charge in [-0.15, -0.1) is 11.3 Å². The first-order valence-corrected chi connectivity index (χ1v) is 8.75. The minimum Gasteiger partial charge on any atom is -0.497 e. The highest BCUT2D eigenvalue weighted by atomic mass is 32.1. The van der Waals surface area contributed by atoms with Gasteiger partial charge in [0, 0.05) is 35.9 Å². The highest BCUT2D eigenvalue weighted by Crippen LogP contribution is 2.24. The lowest BCUT2D eigenvalue weighted by atomic mass is 10.2. The summed E-state index contributed by atoms with van der Waals surface area (Å²) >= 11 is 1.67. The van der Waals surface area contributed by atoms with Gasteiger partial charge in [-0.3, -0.25) is 4.98 Å². The van der Waals surface area contributed by atoms with Crippen molar-refractivity contribution >= 4 is 17.4 Å². The third kappa shape index (κ3) is 4.81. The Morgan fingerprint density at radius 2 is 1.84 bits per heavy atom. The predicted octanol–water partition coefficient (Wildman–Crippen LogP) is 3.82. The summed E-state index contributed by atoms with van der Waals surface area (Å²) in [4.78, 5) is 17.4. The van der Waals surface area contributed by atoms with Crippen molar-refractivity contribution in [2.75, 3.05) is 7.11 Å². The molecule has 5 nitrogen and oxygen atoms in total. The fourth-order valence-corrected chi connectivity index (χ4v) is 3.04. The van der Waals surface area contributed by atoms with Crippen LogP contribution in [0.5, 0.6) is 5.75 Å². The van der Waals surface area contributed by atoms with E-state index in [4.69, 9.17) is 4.74 Å². The molecule has 3 rings (SSSR count). The molecule has 0 atom stereocenters. The molecule has 0 aliphatic heterocycles. The molecule has 1 aromatic carbocycles. The molecule has 0 radical (unpaired) electrons.